The molecule has 0 aliphatic rings. The van der Waals surface area contributed by atoms with Crippen molar-refractivity contribution in [1.82, 2.24) is 30.1 Å². The van der Waals surface area contributed by atoms with Gasteiger partial charge in [0.15, 0.2) is 5.82 Å². The van der Waals surface area contributed by atoms with E-state index in [1.165, 1.54) is 10.4 Å². The number of thiophene rings is 1. The molecule has 0 fully saturated rings. The Kier molecular flexibility index (Phi) is 6.84. The maximum absolute atomic E-state index is 13.2. The molecule has 5 aromatic rings. The van der Waals surface area contributed by atoms with Gasteiger partial charge in [0.25, 0.3) is 5.56 Å². The van der Waals surface area contributed by atoms with Crippen LogP contribution in [0.2, 0.25) is 0 Å². The number of fused-ring (bicyclic) bond motifs is 1. The van der Waals surface area contributed by atoms with Gasteiger partial charge in [0.1, 0.15) is 12.3 Å². The van der Waals surface area contributed by atoms with Crippen LogP contribution >= 0.6 is 11.3 Å². The summed E-state index contributed by atoms with van der Waals surface area (Å²) in [7, 11) is 0. The number of aromatic nitrogens is 5. The van der Waals surface area contributed by atoms with Gasteiger partial charge in [-0.05, 0) is 88.5 Å². The molecule has 4 heterocycles. The molecule has 4 aromatic heterocycles. The Morgan fingerprint density at radius 1 is 1.11 bits per heavy atom. The third-order valence-electron chi connectivity index (χ3n) is 6.58. The van der Waals surface area contributed by atoms with Crippen LogP contribution in [0.3, 0.4) is 0 Å². The van der Waals surface area contributed by atoms with E-state index in [9.17, 15) is 4.79 Å². The topological polar surface area (TPSA) is 92.8 Å². The molecule has 0 saturated heterocycles. The molecule has 0 spiro atoms. The first-order chi connectivity index (χ1) is 17.4. The number of tetrazole rings is 1. The van der Waals surface area contributed by atoms with E-state index >= 15 is 0 Å². The van der Waals surface area contributed by atoms with Crippen molar-refractivity contribution >= 4 is 22.2 Å². The van der Waals surface area contributed by atoms with Gasteiger partial charge in [-0.1, -0.05) is 19.9 Å². The fourth-order valence-corrected chi connectivity index (χ4v) is 5.41. The van der Waals surface area contributed by atoms with E-state index in [4.69, 9.17) is 4.42 Å². The van der Waals surface area contributed by atoms with Gasteiger partial charge in [-0.15, -0.1) is 16.4 Å². The fraction of sp³-hybridized carbons (Fsp3) is 0.333. The van der Waals surface area contributed by atoms with Crippen LogP contribution in [-0.4, -0.2) is 30.1 Å². The van der Waals surface area contributed by atoms with Gasteiger partial charge >= 0.3 is 0 Å². The number of furan rings is 1. The van der Waals surface area contributed by atoms with Gasteiger partial charge in [-0.3, -0.25) is 9.69 Å². The summed E-state index contributed by atoms with van der Waals surface area (Å²) < 4.78 is 7.34. The van der Waals surface area contributed by atoms with Crippen LogP contribution in [0.5, 0.6) is 0 Å². The molecular formula is C27H30N6O2S. The van der Waals surface area contributed by atoms with Crippen molar-refractivity contribution in [3.05, 3.63) is 97.6 Å². The fourth-order valence-electron chi connectivity index (χ4n) is 4.68. The molecule has 1 aromatic carbocycles. The zero-order valence-electron chi connectivity index (χ0n) is 20.9. The summed E-state index contributed by atoms with van der Waals surface area (Å²) in [5, 5.41) is 15.8. The number of hydrogen-bond acceptors (Lipinski definition) is 7. The quantitative estimate of drug-likeness (QED) is 0.297. The van der Waals surface area contributed by atoms with Crippen molar-refractivity contribution in [2.45, 2.75) is 53.4 Å². The Bertz CT molecular complexity index is 1500. The predicted octanol–water partition coefficient (Wildman–Crippen LogP) is 5.23. The monoisotopic (exact) mass is 502 g/mol. The lowest BCUT2D eigenvalue weighted by Gasteiger charge is -2.33. The Morgan fingerprint density at radius 3 is 2.67 bits per heavy atom. The summed E-state index contributed by atoms with van der Waals surface area (Å²) in [5.41, 5.74) is 3.87. The van der Waals surface area contributed by atoms with Crippen LogP contribution in [0.25, 0.3) is 10.9 Å². The highest BCUT2D eigenvalue weighted by Gasteiger charge is 2.30. The normalized spacial score (nSPS) is 12.7. The molecule has 0 aliphatic carbocycles. The molecular weight excluding hydrogens is 472 g/mol. The molecule has 8 nitrogen and oxygen atoms in total. The van der Waals surface area contributed by atoms with Crippen molar-refractivity contribution in [2.75, 3.05) is 0 Å². The number of pyridine rings is 1. The number of nitrogens with zero attached hydrogens (tertiary/aromatic N) is 5. The van der Waals surface area contributed by atoms with Crippen molar-refractivity contribution < 1.29 is 4.42 Å². The van der Waals surface area contributed by atoms with E-state index in [-0.39, 0.29) is 17.5 Å². The van der Waals surface area contributed by atoms with Crippen molar-refractivity contribution in [2.24, 2.45) is 5.92 Å². The second-order valence-corrected chi connectivity index (χ2v) is 10.6. The molecule has 36 heavy (non-hydrogen) atoms. The second-order valence-electron chi connectivity index (χ2n) is 9.59. The van der Waals surface area contributed by atoms with Gasteiger partial charge in [0, 0.05) is 29.0 Å². The van der Waals surface area contributed by atoms with Gasteiger partial charge < -0.3 is 9.40 Å². The number of nitrogens with one attached hydrogen (secondary N) is 1. The summed E-state index contributed by atoms with van der Waals surface area (Å²) in [5.74, 6) is 1.73. The molecule has 1 atom stereocenters. The Balaban J connectivity index is 1.55. The molecule has 0 amide bonds. The summed E-state index contributed by atoms with van der Waals surface area (Å²) >= 11 is 1.71. The lowest BCUT2D eigenvalue weighted by molar-refractivity contribution is 0.127. The summed E-state index contributed by atoms with van der Waals surface area (Å²) in [4.78, 5) is 19.8. The number of hydrogen-bond donors (Lipinski definition) is 1. The van der Waals surface area contributed by atoms with Crippen LogP contribution in [0.4, 0.5) is 0 Å². The zero-order chi connectivity index (χ0) is 25.2. The van der Waals surface area contributed by atoms with Gasteiger partial charge in [-0.25, -0.2) is 4.68 Å². The highest BCUT2D eigenvalue weighted by Crippen LogP contribution is 2.31. The Labute approximate surface area is 213 Å². The minimum Gasteiger partial charge on any atom is -0.467 e. The smallest absolute Gasteiger partial charge is 0.252 e. The van der Waals surface area contributed by atoms with E-state index in [2.05, 4.69) is 76.7 Å². The van der Waals surface area contributed by atoms with Gasteiger partial charge in [0.2, 0.25) is 0 Å². The number of benzene rings is 1. The van der Waals surface area contributed by atoms with Crippen LogP contribution in [-0.2, 0) is 19.6 Å². The molecule has 0 unspecified atom stereocenters. The molecule has 0 radical (unpaired) electrons. The van der Waals surface area contributed by atoms with Crippen molar-refractivity contribution in [1.29, 1.82) is 0 Å². The Hall–Kier alpha value is -3.56. The van der Waals surface area contributed by atoms with Crippen LogP contribution in [0.1, 0.15) is 53.0 Å². The SMILES string of the molecule is Cc1cc2cc(CN(Cc3cccs3)[C@@H](c3nnnn3Cc3ccco3)C(C)C)c(=O)[nH]c2cc1C. The molecule has 5 rings (SSSR count). The molecule has 0 bridgehead atoms. The number of aromatic amines is 1. The molecule has 9 heteroatoms. The molecule has 1 N–H and O–H groups in total. The number of H-pyrrole nitrogens is 1. The second kappa shape index (κ2) is 10.2. The van der Waals surface area contributed by atoms with Crippen LogP contribution in [0, 0.1) is 19.8 Å². The Morgan fingerprint density at radius 2 is 1.94 bits per heavy atom. The maximum atomic E-state index is 13.2. The van der Waals surface area contributed by atoms with E-state index in [1.807, 2.05) is 24.3 Å². The standard InChI is InChI=1S/C27H30N6O2S/c1-17(2)25(26-29-30-31-33(26)15-22-7-5-9-35-22)32(16-23-8-6-10-36-23)14-21-13-20-11-18(3)19(4)12-24(20)28-27(21)34/h5-13,17,25H,14-16H2,1-4H3,(H,28,34)/t25-/m1/s1. The van der Waals surface area contributed by atoms with Crippen molar-refractivity contribution in [3.8, 4) is 0 Å². The summed E-state index contributed by atoms with van der Waals surface area (Å²) in [6.07, 6.45) is 1.65. The lowest BCUT2D eigenvalue weighted by atomic mass is 10.00. The van der Waals surface area contributed by atoms with E-state index < -0.39 is 0 Å². The third kappa shape index (κ3) is 5.03. The summed E-state index contributed by atoms with van der Waals surface area (Å²) in [6.45, 7) is 10.1. The lowest BCUT2D eigenvalue weighted by Crippen LogP contribution is -2.35. The summed E-state index contributed by atoms with van der Waals surface area (Å²) in [6, 6.07) is 14.0. The highest BCUT2D eigenvalue weighted by atomic mass is 32.1. The first-order valence-electron chi connectivity index (χ1n) is 12.1. The largest absolute Gasteiger partial charge is 0.467 e. The van der Waals surface area contributed by atoms with E-state index in [0.29, 0.717) is 19.6 Å². The van der Waals surface area contributed by atoms with E-state index in [0.717, 1.165) is 33.6 Å². The third-order valence-corrected chi connectivity index (χ3v) is 7.44. The average molecular weight is 503 g/mol. The van der Waals surface area contributed by atoms with E-state index in [1.54, 1.807) is 22.3 Å². The number of aryl methyl sites for hydroxylation is 2. The van der Waals surface area contributed by atoms with Crippen LogP contribution in [0.15, 0.2) is 63.3 Å². The number of rotatable bonds is 9. The van der Waals surface area contributed by atoms with Crippen molar-refractivity contribution in [3.63, 3.8) is 0 Å². The highest BCUT2D eigenvalue weighted by molar-refractivity contribution is 7.09. The van der Waals surface area contributed by atoms with Gasteiger partial charge in [0.05, 0.1) is 12.3 Å². The first kappa shape index (κ1) is 24.1. The molecule has 186 valence electrons. The molecule has 0 aliphatic heterocycles. The zero-order valence-corrected chi connectivity index (χ0v) is 21.7. The average Bonchev–Trinajstić information content (AvgIpc) is 3.61. The van der Waals surface area contributed by atoms with Gasteiger partial charge in [-0.2, -0.15) is 0 Å². The maximum Gasteiger partial charge on any atom is 0.252 e. The minimum absolute atomic E-state index is 0.0698. The van der Waals surface area contributed by atoms with Crippen LogP contribution < -0.4 is 5.56 Å². The first-order valence-corrected chi connectivity index (χ1v) is 12.9. The molecule has 0 saturated carbocycles. The predicted molar refractivity (Wildman–Crippen MR) is 141 cm³/mol. The minimum atomic E-state index is -0.119.